The first-order valence-electron chi connectivity index (χ1n) is 5.68. The number of carbonyl (C=O) groups excluding carboxylic acids is 1. The number of carbonyl (C=O) groups is 1. The molecule has 1 heterocycles. The summed E-state index contributed by atoms with van der Waals surface area (Å²) in [5.74, 6) is -0.794. The van der Waals surface area contributed by atoms with Gasteiger partial charge in [0.25, 0.3) is 5.91 Å². The minimum atomic E-state index is -0.695. The molecule has 0 radical (unpaired) electrons. The molecular formula is C11H16N2O5. The highest BCUT2D eigenvalue weighted by Gasteiger charge is 2.16. The number of aliphatic hydroxyl groups is 1. The molecular weight excluding hydrogens is 240 g/mol. The van der Waals surface area contributed by atoms with Gasteiger partial charge in [-0.2, -0.15) is 0 Å². The molecule has 2 N–H and O–H groups in total. The van der Waals surface area contributed by atoms with Crippen molar-refractivity contribution in [2.24, 2.45) is 5.92 Å². The molecule has 0 saturated carbocycles. The van der Waals surface area contributed by atoms with Crippen LogP contribution >= 0.6 is 0 Å². The van der Waals surface area contributed by atoms with E-state index < -0.39 is 16.7 Å². The van der Waals surface area contributed by atoms with Gasteiger partial charge in [0.2, 0.25) is 0 Å². The molecule has 1 unspecified atom stereocenters. The number of nitrogens with zero attached hydrogens (tertiary/aromatic N) is 1. The van der Waals surface area contributed by atoms with E-state index in [1.165, 1.54) is 6.07 Å². The van der Waals surface area contributed by atoms with Gasteiger partial charge in [-0.25, -0.2) is 0 Å². The zero-order valence-electron chi connectivity index (χ0n) is 10.1. The summed E-state index contributed by atoms with van der Waals surface area (Å²) in [6.07, 6.45) is 1.53. The summed E-state index contributed by atoms with van der Waals surface area (Å²) in [5, 5.41) is 21.8. The van der Waals surface area contributed by atoms with Crippen LogP contribution in [0.3, 0.4) is 0 Å². The Hall–Kier alpha value is -1.89. The van der Waals surface area contributed by atoms with Crippen LogP contribution < -0.4 is 5.32 Å². The molecule has 1 rings (SSSR count). The number of nitro groups is 1. The number of aliphatic hydroxyl groups excluding tert-OH is 1. The van der Waals surface area contributed by atoms with E-state index in [0.29, 0.717) is 6.54 Å². The summed E-state index contributed by atoms with van der Waals surface area (Å²) in [5.41, 5.74) is 0. The number of hydrogen-bond donors (Lipinski definition) is 2. The predicted molar refractivity (Wildman–Crippen MR) is 63.2 cm³/mol. The maximum atomic E-state index is 11.5. The monoisotopic (exact) mass is 256 g/mol. The summed E-state index contributed by atoms with van der Waals surface area (Å²) >= 11 is 0. The van der Waals surface area contributed by atoms with Crippen LogP contribution in [-0.4, -0.2) is 29.1 Å². The fourth-order valence-electron chi connectivity index (χ4n) is 1.38. The molecule has 1 aromatic rings. The molecule has 7 heteroatoms. The molecule has 0 aliphatic rings. The summed E-state index contributed by atoms with van der Waals surface area (Å²) < 4.78 is 4.76. The van der Waals surface area contributed by atoms with Crippen molar-refractivity contribution in [2.45, 2.75) is 19.8 Å². The van der Waals surface area contributed by atoms with Gasteiger partial charge in [-0.05, 0) is 24.8 Å². The zero-order valence-corrected chi connectivity index (χ0v) is 10.1. The Morgan fingerprint density at radius 2 is 2.33 bits per heavy atom. The first-order valence-corrected chi connectivity index (χ1v) is 5.68. The highest BCUT2D eigenvalue weighted by atomic mass is 16.6. The first kappa shape index (κ1) is 14.2. The Balaban J connectivity index is 2.34. The molecule has 0 aliphatic heterocycles. The van der Waals surface area contributed by atoms with Crippen LogP contribution in [0.1, 0.15) is 30.3 Å². The Morgan fingerprint density at radius 3 is 2.89 bits per heavy atom. The van der Waals surface area contributed by atoms with E-state index in [1.807, 2.05) is 6.92 Å². The van der Waals surface area contributed by atoms with Gasteiger partial charge in [0.15, 0.2) is 5.76 Å². The van der Waals surface area contributed by atoms with Crippen molar-refractivity contribution in [3.8, 4) is 0 Å². The van der Waals surface area contributed by atoms with Crippen LogP contribution in [0.15, 0.2) is 16.5 Å². The maximum Gasteiger partial charge on any atom is 0.433 e. The van der Waals surface area contributed by atoms with Crippen molar-refractivity contribution in [2.75, 3.05) is 13.2 Å². The number of rotatable bonds is 7. The van der Waals surface area contributed by atoms with Gasteiger partial charge in [-0.15, -0.1) is 0 Å². The lowest BCUT2D eigenvalue weighted by Crippen LogP contribution is -2.24. The quantitative estimate of drug-likeness (QED) is 0.435. The van der Waals surface area contributed by atoms with E-state index in [-0.39, 0.29) is 18.3 Å². The maximum absolute atomic E-state index is 11.5. The van der Waals surface area contributed by atoms with Gasteiger partial charge >= 0.3 is 5.88 Å². The lowest BCUT2D eigenvalue weighted by molar-refractivity contribution is -0.402. The van der Waals surface area contributed by atoms with Crippen molar-refractivity contribution in [1.82, 2.24) is 5.32 Å². The Bertz CT molecular complexity index is 415. The second-order valence-corrected chi connectivity index (χ2v) is 4.08. The van der Waals surface area contributed by atoms with Gasteiger partial charge in [-0.1, -0.05) is 6.92 Å². The van der Waals surface area contributed by atoms with Crippen LogP contribution in [0.25, 0.3) is 0 Å². The average Bonchev–Trinajstić information content (AvgIpc) is 2.83. The molecule has 0 bridgehead atoms. The van der Waals surface area contributed by atoms with Gasteiger partial charge in [0.05, 0.1) is 6.07 Å². The molecule has 0 saturated heterocycles. The highest BCUT2D eigenvalue weighted by molar-refractivity contribution is 5.91. The molecule has 100 valence electrons. The minimum absolute atomic E-state index is 0.0723. The van der Waals surface area contributed by atoms with Gasteiger partial charge in [-0.3, -0.25) is 14.9 Å². The third-order valence-corrected chi connectivity index (χ3v) is 2.47. The molecule has 18 heavy (non-hydrogen) atoms. The smallest absolute Gasteiger partial charge is 0.396 e. The molecule has 1 aromatic heterocycles. The molecule has 0 aliphatic carbocycles. The fraction of sp³-hybridized carbons (Fsp3) is 0.545. The van der Waals surface area contributed by atoms with Crippen molar-refractivity contribution in [1.29, 1.82) is 0 Å². The largest absolute Gasteiger partial charge is 0.433 e. The van der Waals surface area contributed by atoms with E-state index in [9.17, 15) is 14.9 Å². The number of nitrogens with one attached hydrogen (secondary N) is 1. The first-order chi connectivity index (χ1) is 8.54. The third kappa shape index (κ3) is 4.17. The Labute approximate surface area is 104 Å². The van der Waals surface area contributed by atoms with Gasteiger partial charge in [0, 0.05) is 13.2 Å². The lowest BCUT2D eigenvalue weighted by atomic mass is 10.1. The number of amides is 1. The normalized spacial score (nSPS) is 12.1. The predicted octanol–water partition coefficient (Wildman–Crippen LogP) is 1.33. The van der Waals surface area contributed by atoms with Crippen molar-refractivity contribution < 1.29 is 19.2 Å². The number of hydrogen-bond acceptors (Lipinski definition) is 5. The second-order valence-electron chi connectivity index (χ2n) is 4.08. The Morgan fingerprint density at radius 1 is 1.61 bits per heavy atom. The molecule has 0 fully saturated rings. The topological polar surface area (TPSA) is 106 Å². The fourth-order valence-corrected chi connectivity index (χ4v) is 1.38. The minimum Gasteiger partial charge on any atom is -0.396 e. The number of furan rings is 1. The molecule has 0 aromatic carbocycles. The van der Waals surface area contributed by atoms with Gasteiger partial charge in [0.1, 0.15) is 4.92 Å². The Kier molecular flexibility index (Phi) is 5.31. The summed E-state index contributed by atoms with van der Waals surface area (Å²) in [6, 6.07) is 2.41. The van der Waals surface area contributed by atoms with E-state index in [0.717, 1.165) is 18.9 Å². The highest BCUT2D eigenvalue weighted by Crippen LogP contribution is 2.15. The van der Waals surface area contributed by atoms with Crippen molar-refractivity contribution >= 4 is 11.8 Å². The van der Waals surface area contributed by atoms with E-state index in [2.05, 4.69) is 5.32 Å². The molecule has 1 atom stereocenters. The van der Waals surface area contributed by atoms with E-state index in [4.69, 9.17) is 9.52 Å². The van der Waals surface area contributed by atoms with Crippen LogP contribution in [0.2, 0.25) is 0 Å². The zero-order chi connectivity index (χ0) is 13.5. The van der Waals surface area contributed by atoms with Crippen LogP contribution in [0.5, 0.6) is 0 Å². The molecule has 0 spiro atoms. The summed E-state index contributed by atoms with van der Waals surface area (Å²) in [7, 11) is 0. The second kappa shape index (κ2) is 6.75. The summed E-state index contributed by atoms with van der Waals surface area (Å²) in [6.45, 7) is 2.48. The average molecular weight is 256 g/mol. The SMILES string of the molecule is CC(CO)CCCNC(=O)c1ccc([N+](=O)[O-])o1. The van der Waals surface area contributed by atoms with Crippen molar-refractivity contribution in [3.63, 3.8) is 0 Å². The molecule has 7 nitrogen and oxygen atoms in total. The van der Waals surface area contributed by atoms with E-state index in [1.54, 1.807) is 0 Å². The van der Waals surface area contributed by atoms with Gasteiger partial charge < -0.3 is 14.8 Å². The van der Waals surface area contributed by atoms with Crippen molar-refractivity contribution in [3.05, 3.63) is 28.0 Å². The van der Waals surface area contributed by atoms with Crippen LogP contribution in [-0.2, 0) is 0 Å². The van der Waals surface area contributed by atoms with Crippen LogP contribution in [0.4, 0.5) is 5.88 Å². The lowest BCUT2D eigenvalue weighted by Gasteiger charge is -2.07. The summed E-state index contributed by atoms with van der Waals surface area (Å²) in [4.78, 5) is 21.2. The third-order valence-electron chi connectivity index (χ3n) is 2.47. The standard InChI is InChI=1S/C11H16N2O5/c1-8(7-14)3-2-6-12-11(15)9-4-5-10(18-9)13(16)17/h4-5,8,14H,2-3,6-7H2,1H3,(H,12,15). The van der Waals surface area contributed by atoms with E-state index >= 15 is 0 Å². The van der Waals surface area contributed by atoms with Crippen LogP contribution in [0, 0.1) is 16.0 Å². The molecule has 1 amide bonds.